The number of hydrogen-bond donors (Lipinski definition) is 4. The van der Waals surface area contributed by atoms with Crippen molar-refractivity contribution in [3.8, 4) is 5.75 Å². The Balaban J connectivity index is 1.37. The van der Waals surface area contributed by atoms with Crippen LogP contribution in [-0.4, -0.2) is 43.5 Å². The maximum atomic E-state index is 12.6. The lowest BCUT2D eigenvalue weighted by atomic mass is 9.43. The van der Waals surface area contributed by atoms with Gasteiger partial charge in [-0.05, 0) is 115 Å². The van der Waals surface area contributed by atoms with Gasteiger partial charge in [-0.1, -0.05) is 34.1 Å². The summed E-state index contributed by atoms with van der Waals surface area (Å²) in [7, 11) is 0. The fraction of sp³-hybridized carbons (Fsp3) is 0.710. The third-order valence-corrected chi connectivity index (χ3v) is 10.3. The summed E-state index contributed by atoms with van der Waals surface area (Å²) in [6.45, 7) is 12.0. The van der Waals surface area contributed by atoms with Gasteiger partial charge in [0.1, 0.15) is 12.3 Å². The van der Waals surface area contributed by atoms with Crippen molar-refractivity contribution >= 4 is 17.8 Å². The van der Waals surface area contributed by atoms with Crippen LogP contribution in [0.3, 0.4) is 0 Å². The van der Waals surface area contributed by atoms with E-state index in [4.69, 9.17) is 16.2 Å². The second-order valence-electron chi connectivity index (χ2n) is 13.4. The third kappa shape index (κ3) is 5.73. The molecule has 2 unspecified atom stereocenters. The molecule has 5 atom stereocenters. The summed E-state index contributed by atoms with van der Waals surface area (Å²) in [5.41, 5.74) is 16.0. The topological polar surface area (TPSA) is 137 Å². The highest BCUT2D eigenvalue weighted by atomic mass is 16.5. The first-order chi connectivity index (χ1) is 18.3. The zero-order valence-electron chi connectivity index (χ0n) is 24.5. The Bertz CT molecular complexity index is 1120. The molecule has 0 radical (unpaired) electrons. The van der Waals surface area contributed by atoms with Crippen molar-refractivity contribution in [2.24, 2.45) is 34.1 Å². The average Bonchev–Trinajstić information content (AvgIpc) is 3.17. The minimum absolute atomic E-state index is 0.145. The van der Waals surface area contributed by atoms with Crippen molar-refractivity contribution in [1.82, 2.24) is 10.6 Å². The minimum atomic E-state index is -0.710. The molecule has 39 heavy (non-hydrogen) atoms. The van der Waals surface area contributed by atoms with Crippen LogP contribution in [0.2, 0.25) is 0 Å². The van der Waals surface area contributed by atoms with Crippen LogP contribution >= 0.6 is 0 Å². The van der Waals surface area contributed by atoms with Crippen molar-refractivity contribution in [3.63, 3.8) is 0 Å². The molecule has 3 aliphatic carbocycles. The van der Waals surface area contributed by atoms with E-state index in [9.17, 15) is 14.4 Å². The SMILES string of the molecule is Cc1cc(OC(=O)CNC(=O)CNC(=O)C(N)CCCN)cc2c1[C@]1(C)CCC3C(C)(C)CCC[C@]3(C)[C@H]1C2. The van der Waals surface area contributed by atoms with Crippen LogP contribution in [0, 0.1) is 29.6 Å². The Kier molecular flexibility index (Phi) is 8.48. The van der Waals surface area contributed by atoms with E-state index in [-0.39, 0.29) is 18.5 Å². The van der Waals surface area contributed by atoms with Crippen LogP contribution < -0.4 is 26.8 Å². The van der Waals surface area contributed by atoms with Crippen molar-refractivity contribution in [1.29, 1.82) is 0 Å². The molecule has 0 aromatic heterocycles. The van der Waals surface area contributed by atoms with Crippen LogP contribution in [0.1, 0.15) is 89.3 Å². The number of aryl methyl sites for hydroxylation is 1. The highest BCUT2D eigenvalue weighted by Gasteiger charge is 2.61. The molecule has 0 spiro atoms. The molecule has 0 heterocycles. The largest absolute Gasteiger partial charge is 0.425 e. The summed E-state index contributed by atoms with van der Waals surface area (Å²) in [5.74, 6) is 0.404. The molecule has 2 amide bonds. The maximum Gasteiger partial charge on any atom is 0.330 e. The number of rotatable bonds is 9. The smallest absolute Gasteiger partial charge is 0.330 e. The molecule has 3 aliphatic rings. The van der Waals surface area contributed by atoms with Crippen molar-refractivity contribution in [3.05, 3.63) is 28.8 Å². The van der Waals surface area contributed by atoms with Gasteiger partial charge in [-0.3, -0.25) is 9.59 Å². The fourth-order valence-electron chi connectivity index (χ4n) is 8.66. The molecule has 4 rings (SSSR count). The van der Waals surface area contributed by atoms with Crippen molar-refractivity contribution in [2.75, 3.05) is 19.6 Å². The van der Waals surface area contributed by atoms with Gasteiger partial charge >= 0.3 is 5.97 Å². The number of ether oxygens (including phenoxy) is 1. The van der Waals surface area contributed by atoms with Crippen LogP contribution in [0.4, 0.5) is 0 Å². The number of fused-ring (bicyclic) bond motifs is 5. The van der Waals surface area contributed by atoms with Crippen LogP contribution in [-0.2, 0) is 26.2 Å². The molecule has 2 fully saturated rings. The molecular formula is C31H48N4O4. The molecule has 8 nitrogen and oxygen atoms in total. The number of esters is 1. The summed E-state index contributed by atoms with van der Waals surface area (Å²) >= 11 is 0. The molecule has 2 saturated carbocycles. The summed E-state index contributed by atoms with van der Waals surface area (Å²) in [6, 6.07) is 3.30. The van der Waals surface area contributed by atoms with Gasteiger partial charge in [-0.15, -0.1) is 0 Å². The zero-order chi connectivity index (χ0) is 28.6. The molecule has 0 saturated heterocycles. The van der Waals surface area contributed by atoms with Gasteiger partial charge in [0.15, 0.2) is 0 Å². The Morgan fingerprint density at radius 3 is 2.51 bits per heavy atom. The summed E-state index contributed by atoms with van der Waals surface area (Å²) in [4.78, 5) is 36.6. The second kappa shape index (κ2) is 11.2. The van der Waals surface area contributed by atoms with Gasteiger partial charge in [0.25, 0.3) is 0 Å². The van der Waals surface area contributed by atoms with Gasteiger partial charge in [0.2, 0.25) is 11.8 Å². The number of carbonyl (C=O) groups is 3. The lowest BCUT2D eigenvalue weighted by Crippen LogP contribution is -2.55. The number of hydrogen-bond acceptors (Lipinski definition) is 6. The second-order valence-corrected chi connectivity index (χ2v) is 13.4. The number of benzene rings is 1. The lowest BCUT2D eigenvalue weighted by Gasteiger charge is -2.61. The van der Waals surface area contributed by atoms with E-state index < -0.39 is 23.8 Å². The summed E-state index contributed by atoms with van der Waals surface area (Å²) in [6.07, 6.45) is 8.47. The van der Waals surface area contributed by atoms with E-state index in [0.717, 1.165) is 12.3 Å². The molecular weight excluding hydrogens is 492 g/mol. The Morgan fingerprint density at radius 1 is 1.05 bits per heavy atom. The first-order valence-electron chi connectivity index (χ1n) is 14.7. The van der Waals surface area contributed by atoms with Crippen LogP contribution in [0.25, 0.3) is 0 Å². The Labute approximate surface area is 233 Å². The maximum absolute atomic E-state index is 12.6. The standard InChI is InChI=1S/C31H48N4O4/c1-19-14-21(39-26(37)18-34-25(36)17-35-28(38)22(33)8-6-13-32)15-20-16-24-30(4)11-7-10-29(2,3)23(30)9-12-31(24,5)27(19)20/h14-15,22-24H,6-13,16-18,32-33H2,1-5H3,(H,34,36)(H,35,38)/t22?,23?,24-,30+,31-/m1/s1. The highest BCUT2D eigenvalue weighted by molar-refractivity contribution is 5.89. The lowest BCUT2D eigenvalue weighted by molar-refractivity contribution is -0.135. The molecule has 8 heteroatoms. The van der Waals surface area contributed by atoms with Crippen LogP contribution in [0.5, 0.6) is 5.75 Å². The van der Waals surface area contributed by atoms with Crippen LogP contribution in [0.15, 0.2) is 12.1 Å². The molecule has 0 aliphatic heterocycles. The molecule has 1 aromatic rings. The van der Waals surface area contributed by atoms with Gasteiger partial charge in [0.05, 0.1) is 12.6 Å². The number of amides is 2. The van der Waals surface area contributed by atoms with Crippen molar-refractivity contribution < 1.29 is 19.1 Å². The minimum Gasteiger partial charge on any atom is -0.425 e. The normalized spacial score (nSPS) is 29.4. The van der Waals surface area contributed by atoms with Gasteiger partial charge < -0.3 is 26.8 Å². The van der Waals surface area contributed by atoms with Gasteiger partial charge in [0, 0.05) is 0 Å². The average molecular weight is 541 g/mol. The van der Waals surface area contributed by atoms with E-state index in [0.29, 0.717) is 41.9 Å². The summed E-state index contributed by atoms with van der Waals surface area (Å²) in [5, 5.41) is 5.00. The Morgan fingerprint density at radius 2 is 1.79 bits per heavy atom. The van der Waals surface area contributed by atoms with Crippen molar-refractivity contribution in [2.45, 2.75) is 97.4 Å². The fourth-order valence-corrected chi connectivity index (χ4v) is 8.66. The third-order valence-electron chi connectivity index (χ3n) is 10.3. The number of nitrogens with one attached hydrogen (secondary N) is 2. The van der Waals surface area contributed by atoms with E-state index in [1.807, 2.05) is 12.1 Å². The monoisotopic (exact) mass is 540 g/mol. The zero-order valence-corrected chi connectivity index (χ0v) is 24.5. The summed E-state index contributed by atoms with van der Waals surface area (Å²) < 4.78 is 5.66. The van der Waals surface area contributed by atoms with E-state index in [1.54, 1.807) is 0 Å². The highest BCUT2D eigenvalue weighted by Crippen LogP contribution is 2.67. The number of nitrogens with two attached hydrogens (primary N) is 2. The number of carbonyl (C=O) groups excluding carboxylic acids is 3. The first kappa shape index (κ1) is 29.5. The van der Waals surface area contributed by atoms with Gasteiger partial charge in [-0.25, -0.2) is 4.79 Å². The molecule has 6 N–H and O–H groups in total. The Hall–Kier alpha value is -2.45. The first-order valence-corrected chi connectivity index (χ1v) is 14.7. The van der Waals surface area contributed by atoms with E-state index in [2.05, 4.69) is 45.3 Å². The van der Waals surface area contributed by atoms with Gasteiger partial charge in [-0.2, -0.15) is 0 Å². The molecule has 1 aromatic carbocycles. The van der Waals surface area contributed by atoms with E-state index in [1.165, 1.54) is 48.8 Å². The molecule has 216 valence electrons. The molecule has 0 bridgehead atoms. The quantitative estimate of drug-likeness (QED) is 0.280. The predicted molar refractivity (Wildman–Crippen MR) is 152 cm³/mol. The predicted octanol–water partition coefficient (Wildman–Crippen LogP) is 3.26. The van der Waals surface area contributed by atoms with E-state index >= 15 is 0 Å².